The van der Waals surface area contributed by atoms with E-state index in [-0.39, 0.29) is 11.2 Å². The largest absolute Gasteiger partial charge is 0.507 e. The van der Waals surface area contributed by atoms with E-state index in [1.54, 1.807) is 23.6 Å². The Hall–Kier alpha value is -5.06. The van der Waals surface area contributed by atoms with Gasteiger partial charge in [-0.05, 0) is 86.3 Å². The average Bonchev–Trinajstić information content (AvgIpc) is 3.51. The highest BCUT2D eigenvalue weighted by atomic mass is 32.1. The van der Waals surface area contributed by atoms with Crippen molar-refractivity contribution < 1.29 is 5.11 Å². The molecule has 1 heterocycles. The second-order valence-electron chi connectivity index (χ2n) is 13.5. The minimum atomic E-state index is -0.0358. The molecule has 0 aliphatic heterocycles. The molecule has 232 valence electrons. The molecule has 6 aromatic carbocycles. The Labute approximate surface area is 280 Å². The number of benzene rings is 6. The molecule has 0 amide bonds. The quantitative estimate of drug-likeness (QED) is 0.186. The van der Waals surface area contributed by atoms with Crippen LogP contribution in [0, 0.1) is 0 Å². The number of thiazole rings is 1. The van der Waals surface area contributed by atoms with Gasteiger partial charge in [-0.1, -0.05) is 120 Å². The van der Waals surface area contributed by atoms with Gasteiger partial charge in [0.15, 0.2) is 0 Å². The summed E-state index contributed by atoms with van der Waals surface area (Å²) in [5.74, 6) is 0.661. The average molecular weight is 631 g/mol. The molecule has 4 heteroatoms. The highest BCUT2D eigenvalue weighted by Gasteiger charge is 2.18. The molecule has 0 fully saturated rings. The predicted molar refractivity (Wildman–Crippen MR) is 202 cm³/mol. The molecule has 0 bridgehead atoms. The molecule has 1 aromatic heterocycles. The Kier molecular flexibility index (Phi) is 7.99. The summed E-state index contributed by atoms with van der Waals surface area (Å²) in [5.41, 5.74) is 10.6. The van der Waals surface area contributed by atoms with E-state index >= 15 is 0 Å². The number of aromatic nitrogens is 1. The van der Waals surface area contributed by atoms with Crippen LogP contribution in [0.1, 0.15) is 57.2 Å². The fourth-order valence-corrected chi connectivity index (χ4v) is 7.15. The number of hydrogen-bond acceptors (Lipinski definition) is 4. The van der Waals surface area contributed by atoms with Crippen molar-refractivity contribution in [1.82, 2.24) is 4.98 Å². The van der Waals surface area contributed by atoms with E-state index < -0.39 is 0 Å². The molecule has 0 saturated carbocycles. The van der Waals surface area contributed by atoms with Crippen molar-refractivity contribution in [2.24, 2.45) is 4.99 Å². The van der Waals surface area contributed by atoms with Gasteiger partial charge in [-0.3, -0.25) is 4.99 Å². The van der Waals surface area contributed by atoms with Crippen molar-refractivity contribution in [2.75, 3.05) is 0 Å². The van der Waals surface area contributed by atoms with Gasteiger partial charge in [-0.2, -0.15) is 0 Å². The van der Waals surface area contributed by atoms with Crippen LogP contribution in [0.4, 0.5) is 5.69 Å². The van der Waals surface area contributed by atoms with Gasteiger partial charge >= 0.3 is 0 Å². The minimum Gasteiger partial charge on any atom is -0.507 e. The Morgan fingerprint density at radius 2 is 1.47 bits per heavy atom. The molecule has 0 aliphatic rings. The lowest BCUT2D eigenvalue weighted by molar-refractivity contribution is 0.473. The normalized spacial score (nSPS) is 12.1. The van der Waals surface area contributed by atoms with Gasteiger partial charge in [0.25, 0.3) is 0 Å². The molecule has 1 N–H and O–H groups in total. The summed E-state index contributed by atoms with van der Waals surface area (Å²) in [6.45, 7) is 11.0. The second kappa shape index (κ2) is 12.3. The van der Waals surface area contributed by atoms with Crippen LogP contribution in [0.3, 0.4) is 0 Å². The van der Waals surface area contributed by atoms with Gasteiger partial charge in [0, 0.05) is 22.9 Å². The lowest BCUT2D eigenvalue weighted by atomic mass is 9.86. The molecule has 3 nitrogen and oxygen atoms in total. The molecular weight excluding hydrogens is 593 g/mol. The van der Waals surface area contributed by atoms with Crippen molar-refractivity contribution in [2.45, 2.75) is 46.0 Å². The van der Waals surface area contributed by atoms with Crippen LogP contribution >= 0.6 is 11.3 Å². The summed E-state index contributed by atoms with van der Waals surface area (Å²) >= 11 is 1.69. The molecule has 0 radical (unpaired) electrons. The number of hydrogen-bond donors (Lipinski definition) is 1. The zero-order valence-corrected chi connectivity index (χ0v) is 28.3. The number of para-hydroxylation sites is 1. The Bertz CT molecular complexity index is 2280. The molecule has 0 saturated heterocycles. The topological polar surface area (TPSA) is 45.5 Å². The summed E-state index contributed by atoms with van der Waals surface area (Å²) < 4.78 is 1.13. The first-order valence-corrected chi connectivity index (χ1v) is 17.0. The number of fused-ring (bicyclic) bond motifs is 2. The summed E-state index contributed by atoms with van der Waals surface area (Å²) in [6, 6.07) is 42.4. The van der Waals surface area contributed by atoms with Crippen molar-refractivity contribution in [3.8, 4) is 38.6 Å². The maximum atomic E-state index is 10.6. The first-order valence-electron chi connectivity index (χ1n) is 16.2. The van der Waals surface area contributed by atoms with E-state index in [9.17, 15) is 5.11 Å². The highest BCUT2D eigenvalue weighted by molar-refractivity contribution is 7.21. The lowest BCUT2D eigenvalue weighted by Gasteiger charge is -2.19. The summed E-state index contributed by atoms with van der Waals surface area (Å²) in [5, 5.41) is 14.0. The van der Waals surface area contributed by atoms with Crippen LogP contribution < -0.4 is 0 Å². The van der Waals surface area contributed by atoms with Gasteiger partial charge in [-0.15, -0.1) is 11.3 Å². The SMILES string of the molecule is CC(C)c1cccc(-c2cc(-c3cccc4ccccc34)c3nc(-c4ccccc4N=Cc4cc(C(C)(C)C)ccc4O)sc3c2)c1. The fourth-order valence-electron chi connectivity index (χ4n) is 6.08. The smallest absolute Gasteiger partial charge is 0.126 e. The van der Waals surface area contributed by atoms with E-state index in [1.807, 2.05) is 30.3 Å². The van der Waals surface area contributed by atoms with Gasteiger partial charge in [-0.25, -0.2) is 4.98 Å². The van der Waals surface area contributed by atoms with Gasteiger partial charge in [0.2, 0.25) is 0 Å². The van der Waals surface area contributed by atoms with Crippen molar-refractivity contribution in [1.29, 1.82) is 0 Å². The summed E-state index contributed by atoms with van der Waals surface area (Å²) in [7, 11) is 0. The molecular formula is C43H38N2OS. The van der Waals surface area contributed by atoms with Crippen LogP contribution in [0.5, 0.6) is 5.75 Å². The standard InChI is InChI=1S/C43H38N2OS/c1-27(2)29-14-10-15-30(22-29)31-24-37(35-18-11-13-28-12-6-7-16-34(28)35)41-40(25-31)47-42(45-41)36-17-8-9-19-38(36)44-26-32-23-33(43(3,4)5)20-21-39(32)46/h6-27,46H,1-5H3. The first-order chi connectivity index (χ1) is 22.7. The van der Waals surface area contributed by atoms with Gasteiger partial charge in [0.1, 0.15) is 10.8 Å². The Balaban J connectivity index is 1.40. The highest BCUT2D eigenvalue weighted by Crippen LogP contribution is 2.43. The van der Waals surface area contributed by atoms with E-state index in [2.05, 4.69) is 120 Å². The minimum absolute atomic E-state index is 0.0358. The zero-order valence-electron chi connectivity index (χ0n) is 27.5. The van der Waals surface area contributed by atoms with E-state index in [0.29, 0.717) is 11.5 Å². The van der Waals surface area contributed by atoms with Crippen LogP contribution in [-0.4, -0.2) is 16.3 Å². The predicted octanol–water partition coefficient (Wildman–Crippen LogP) is 12.3. The Morgan fingerprint density at radius 1 is 0.723 bits per heavy atom. The lowest BCUT2D eigenvalue weighted by Crippen LogP contribution is -2.11. The van der Waals surface area contributed by atoms with E-state index in [1.165, 1.54) is 33.0 Å². The third-order valence-corrected chi connectivity index (χ3v) is 9.87. The molecule has 7 aromatic rings. The summed E-state index contributed by atoms with van der Waals surface area (Å²) in [4.78, 5) is 10.2. The monoisotopic (exact) mass is 630 g/mol. The van der Waals surface area contributed by atoms with Gasteiger partial charge in [0.05, 0.1) is 15.9 Å². The molecule has 0 atom stereocenters. The zero-order chi connectivity index (χ0) is 32.7. The van der Waals surface area contributed by atoms with Crippen LogP contribution in [0.25, 0.3) is 53.8 Å². The Morgan fingerprint density at radius 3 is 2.30 bits per heavy atom. The molecule has 0 unspecified atom stereocenters. The number of rotatable bonds is 6. The number of aliphatic imine (C=N–C) groups is 1. The van der Waals surface area contributed by atoms with Crippen molar-refractivity contribution >= 4 is 44.2 Å². The van der Waals surface area contributed by atoms with Crippen LogP contribution in [0.2, 0.25) is 0 Å². The maximum absolute atomic E-state index is 10.6. The van der Waals surface area contributed by atoms with Crippen LogP contribution in [-0.2, 0) is 5.41 Å². The maximum Gasteiger partial charge on any atom is 0.126 e. The number of phenols is 1. The van der Waals surface area contributed by atoms with E-state index in [0.717, 1.165) is 37.6 Å². The first kappa shape index (κ1) is 30.6. The van der Waals surface area contributed by atoms with Crippen molar-refractivity contribution in [3.05, 3.63) is 138 Å². The summed E-state index contributed by atoms with van der Waals surface area (Å²) in [6.07, 6.45) is 1.76. The number of aromatic hydroxyl groups is 1. The fraction of sp³-hybridized carbons (Fsp3) is 0.163. The van der Waals surface area contributed by atoms with Crippen LogP contribution in [0.15, 0.2) is 126 Å². The van der Waals surface area contributed by atoms with E-state index in [4.69, 9.17) is 9.98 Å². The number of nitrogens with zero attached hydrogens (tertiary/aromatic N) is 2. The second-order valence-corrected chi connectivity index (χ2v) is 14.5. The van der Waals surface area contributed by atoms with Crippen molar-refractivity contribution in [3.63, 3.8) is 0 Å². The third-order valence-electron chi connectivity index (χ3n) is 8.83. The number of phenolic OH excluding ortho intramolecular Hbond substituents is 1. The molecule has 0 spiro atoms. The van der Waals surface area contributed by atoms with Gasteiger partial charge < -0.3 is 5.11 Å². The molecule has 0 aliphatic carbocycles. The third kappa shape index (κ3) is 6.09. The molecule has 7 rings (SSSR count). The molecule has 47 heavy (non-hydrogen) atoms.